The van der Waals surface area contributed by atoms with Gasteiger partial charge in [-0.2, -0.15) is 5.10 Å². The van der Waals surface area contributed by atoms with E-state index in [1.807, 2.05) is 31.2 Å². The van der Waals surface area contributed by atoms with E-state index in [2.05, 4.69) is 10.00 Å². The lowest BCUT2D eigenvalue weighted by Crippen LogP contribution is -2.51. The van der Waals surface area contributed by atoms with Crippen molar-refractivity contribution in [1.82, 2.24) is 14.7 Å². The van der Waals surface area contributed by atoms with Crippen molar-refractivity contribution in [3.8, 4) is 0 Å². The van der Waals surface area contributed by atoms with Gasteiger partial charge in [0.1, 0.15) is 11.9 Å². The summed E-state index contributed by atoms with van der Waals surface area (Å²) >= 11 is 1.56. The molecule has 32 heavy (non-hydrogen) atoms. The third kappa shape index (κ3) is 3.44. The average molecular weight is 451 g/mol. The molecule has 1 aliphatic rings. The van der Waals surface area contributed by atoms with Crippen molar-refractivity contribution in [3.05, 3.63) is 70.4 Å². The standard InChI is InChI=1S/C24H23FN4O2S/c1-15-22-21(19-5-3-4-6-20(19)32-22)24(31)29(26-15)16(2)23(30)28-13-11-27(12-14-28)18-9-7-17(25)8-10-18/h3-10,16H,11-14H2,1-2H3. The molecule has 1 saturated heterocycles. The lowest BCUT2D eigenvalue weighted by Gasteiger charge is -2.37. The first-order valence-corrected chi connectivity index (χ1v) is 11.5. The minimum atomic E-state index is -0.693. The van der Waals surface area contributed by atoms with Crippen LogP contribution in [0.5, 0.6) is 0 Å². The van der Waals surface area contributed by atoms with Crippen LogP contribution in [0.1, 0.15) is 18.7 Å². The largest absolute Gasteiger partial charge is 0.368 e. The number of hydrogen-bond acceptors (Lipinski definition) is 5. The number of nitrogens with zero attached hydrogens (tertiary/aromatic N) is 4. The molecule has 3 heterocycles. The van der Waals surface area contributed by atoms with E-state index in [0.29, 0.717) is 31.6 Å². The first-order valence-electron chi connectivity index (χ1n) is 10.6. The second-order valence-electron chi connectivity index (χ2n) is 8.10. The number of aryl methyl sites for hydroxylation is 1. The summed E-state index contributed by atoms with van der Waals surface area (Å²) in [6.07, 6.45) is 0. The van der Waals surface area contributed by atoms with Crippen LogP contribution in [0.2, 0.25) is 0 Å². The summed E-state index contributed by atoms with van der Waals surface area (Å²) in [5.74, 6) is -0.378. The van der Waals surface area contributed by atoms with Crippen LogP contribution < -0.4 is 10.5 Å². The third-order valence-corrected chi connectivity index (χ3v) is 7.39. The average Bonchev–Trinajstić information content (AvgIpc) is 3.22. The van der Waals surface area contributed by atoms with Crippen molar-refractivity contribution in [2.45, 2.75) is 19.9 Å². The normalized spacial score (nSPS) is 15.5. The molecule has 0 saturated carbocycles. The number of hydrogen-bond donors (Lipinski definition) is 0. The maximum atomic E-state index is 13.3. The Hall–Kier alpha value is -3.26. The van der Waals surface area contributed by atoms with Gasteiger partial charge in [0.2, 0.25) is 5.91 Å². The summed E-state index contributed by atoms with van der Waals surface area (Å²) < 4.78 is 16.4. The predicted octanol–water partition coefficient (Wildman–Crippen LogP) is 3.97. The Morgan fingerprint density at radius 2 is 1.75 bits per heavy atom. The van der Waals surface area contributed by atoms with Crippen molar-refractivity contribution < 1.29 is 9.18 Å². The van der Waals surface area contributed by atoms with Gasteiger partial charge in [-0.05, 0) is 44.2 Å². The van der Waals surface area contributed by atoms with Crippen LogP contribution in [-0.2, 0) is 4.79 Å². The van der Waals surface area contributed by atoms with Crippen LogP contribution in [0.15, 0.2) is 53.3 Å². The molecule has 0 spiro atoms. The monoisotopic (exact) mass is 450 g/mol. The molecule has 4 aromatic rings. The number of piperazine rings is 1. The van der Waals surface area contributed by atoms with Crippen molar-refractivity contribution in [2.24, 2.45) is 0 Å². The SMILES string of the molecule is Cc1nn(C(C)C(=O)N2CCN(c3ccc(F)cc3)CC2)c(=O)c2c1sc1ccccc12. The molecule has 2 aromatic carbocycles. The number of rotatable bonds is 3. The van der Waals surface area contributed by atoms with Gasteiger partial charge < -0.3 is 9.80 Å². The molecule has 0 N–H and O–H groups in total. The van der Waals surface area contributed by atoms with Crippen molar-refractivity contribution >= 4 is 43.1 Å². The molecule has 6 nitrogen and oxygen atoms in total. The maximum Gasteiger partial charge on any atom is 0.276 e. The molecule has 1 unspecified atom stereocenters. The van der Waals surface area contributed by atoms with Crippen molar-refractivity contribution in [1.29, 1.82) is 0 Å². The molecule has 1 fully saturated rings. The van der Waals surface area contributed by atoms with E-state index in [0.717, 1.165) is 26.2 Å². The predicted molar refractivity (Wildman–Crippen MR) is 126 cm³/mol. The molecule has 0 aliphatic carbocycles. The van der Waals surface area contributed by atoms with Crippen LogP contribution in [0.25, 0.3) is 20.2 Å². The van der Waals surface area contributed by atoms with Gasteiger partial charge in [0.25, 0.3) is 5.56 Å². The van der Waals surface area contributed by atoms with Gasteiger partial charge in [0.15, 0.2) is 0 Å². The summed E-state index contributed by atoms with van der Waals surface area (Å²) in [6, 6.07) is 13.5. The van der Waals surface area contributed by atoms with Gasteiger partial charge in [-0.25, -0.2) is 9.07 Å². The Kier molecular flexibility index (Phi) is 5.17. The minimum Gasteiger partial charge on any atom is -0.368 e. The van der Waals surface area contributed by atoms with E-state index in [9.17, 15) is 14.0 Å². The zero-order chi connectivity index (χ0) is 22.4. The van der Waals surface area contributed by atoms with Gasteiger partial charge in [-0.1, -0.05) is 18.2 Å². The maximum absolute atomic E-state index is 13.3. The Balaban J connectivity index is 1.39. The van der Waals surface area contributed by atoms with Gasteiger partial charge in [0, 0.05) is 42.0 Å². The van der Waals surface area contributed by atoms with E-state index in [1.54, 1.807) is 35.3 Å². The number of benzene rings is 2. The fraction of sp³-hybridized carbons (Fsp3) is 0.292. The summed E-state index contributed by atoms with van der Waals surface area (Å²) in [5, 5.41) is 6.05. The lowest BCUT2D eigenvalue weighted by atomic mass is 10.1. The number of aromatic nitrogens is 2. The highest BCUT2D eigenvalue weighted by molar-refractivity contribution is 7.26. The Bertz CT molecular complexity index is 1370. The molecular weight excluding hydrogens is 427 g/mol. The van der Waals surface area contributed by atoms with Crippen LogP contribution in [0, 0.1) is 12.7 Å². The first kappa shape index (κ1) is 20.6. The topological polar surface area (TPSA) is 58.4 Å². The highest BCUT2D eigenvalue weighted by Crippen LogP contribution is 2.33. The van der Waals surface area contributed by atoms with E-state index in [4.69, 9.17) is 0 Å². The zero-order valence-corrected chi connectivity index (χ0v) is 18.7. The number of anilines is 1. The second kappa shape index (κ2) is 8.02. The molecule has 8 heteroatoms. The molecule has 0 radical (unpaired) electrons. The summed E-state index contributed by atoms with van der Waals surface area (Å²) in [5.41, 5.74) is 1.46. The van der Waals surface area contributed by atoms with Crippen LogP contribution >= 0.6 is 11.3 Å². The third-order valence-electron chi connectivity index (χ3n) is 6.11. The summed E-state index contributed by atoms with van der Waals surface area (Å²) in [4.78, 5) is 30.5. The van der Waals surface area contributed by atoms with E-state index in [1.165, 1.54) is 16.8 Å². The zero-order valence-electron chi connectivity index (χ0n) is 17.9. The number of fused-ring (bicyclic) bond motifs is 3. The Morgan fingerprint density at radius 3 is 2.47 bits per heavy atom. The number of halogens is 1. The fourth-order valence-electron chi connectivity index (χ4n) is 4.35. The molecule has 164 valence electrons. The van der Waals surface area contributed by atoms with Crippen molar-refractivity contribution in [3.63, 3.8) is 0 Å². The summed E-state index contributed by atoms with van der Waals surface area (Å²) in [7, 11) is 0. The van der Waals surface area contributed by atoms with E-state index < -0.39 is 6.04 Å². The highest BCUT2D eigenvalue weighted by Gasteiger charge is 2.28. The Labute approximate surface area is 188 Å². The van der Waals surface area contributed by atoms with Crippen LogP contribution in [0.4, 0.5) is 10.1 Å². The van der Waals surface area contributed by atoms with Crippen LogP contribution in [-0.4, -0.2) is 46.8 Å². The Morgan fingerprint density at radius 1 is 1.06 bits per heavy atom. The van der Waals surface area contributed by atoms with Gasteiger partial charge in [0.05, 0.1) is 15.8 Å². The molecular formula is C24H23FN4O2S. The quantitative estimate of drug-likeness (QED) is 0.474. The number of thiophene rings is 1. The molecule has 1 aliphatic heterocycles. The number of amides is 1. The lowest BCUT2D eigenvalue weighted by molar-refractivity contribution is -0.135. The molecule has 2 aromatic heterocycles. The number of carbonyl (C=O) groups is 1. The van der Waals surface area contributed by atoms with Gasteiger partial charge >= 0.3 is 0 Å². The fourth-order valence-corrected chi connectivity index (χ4v) is 5.48. The van der Waals surface area contributed by atoms with E-state index >= 15 is 0 Å². The molecule has 5 rings (SSSR count). The molecule has 0 bridgehead atoms. The summed E-state index contributed by atoms with van der Waals surface area (Å²) in [6.45, 7) is 6.00. The van der Waals surface area contributed by atoms with Crippen LogP contribution in [0.3, 0.4) is 0 Å². The van der Waals surface area contributed by atoms with Crippen molar-refractivity contribution in [2.75, 3.05) is 31.1 Å². The molecule has 1 atom stereocenters. The highest BCUT2D eigenvalue weighted by atomic mass is 32.1. The molecule has 1 amide bonds. The number of carbonyl (C=O) groups excluding carboxylic acids is 1. The van der Waals surface area contributed by atoms with Gasteiger partial charge in [-0.3, -0.25) is 9.59 Å². The van der Waals surface area contributed by atoms with E-state index in [-0.39, 0.29) is 17.3 Å². The smallest absolute Gasteiger partial charge is 0.276 e. The second-order valence-corrected chi connectivity index (χ2v) is 9.15. The van der Waals surface area contributed by atoms with Gasteiger partial charge in [-0.15, -0.1) is 11.3 Å². The minimum absolute atomic E-state index is 0.114. The first-order chi connectivity index (χ1) is 15.4.